The van der Waals surface area contributed by atoms with E-state index in [-0.39, 0.29) is 11.5 Å². The van der Waals surface area contributed by atoms with Crippen molar-refractivity contribution >= 4 is 5.91 Å². The Kier molecular flexibility index (Phi) is 4.22. The topological polar surface area (TPSA) is 58.1 Å². The zero-order chi connectivity index (χ0) is 19.1. The van der Waals surface area contributed by atoms with Crippen molar-refractivity contribution in [1.82, 2.24) is 14.5 Å². The molecule has 4 rings (SSSR count). The number of pyridine rings is 1. The summed E-state index contributed by atoms with van der Waals surface area (Å²) in [7, 11) is 1.82. The highest BCUT2D eigenvalue weighted by molar-refractivity contribution is 5.94. The third-order valence-electron chi connectivity index (χ3n) is 5.34. The zero-order valence-corrected chi connectivity index (χ0v) is 15.9. The van der Waals surface area contributed by atoms with Gasteiger partial charge in [0.1, 0.15) is 5.69 Å². The van der Waals surface area contributed by atoms with Crippen molar-refractivity contribution in [2.24, 2.45) is 7.05 Å². The molecule has 0 bridgehead atoms. The Bertz CT molecular complexity index is 1080. The van der Waals surface area contributed by atoms with Crippen molar-refractivity contribution in [3.05, 3.63) is 81.0 Å². The Hall–Kier alpha value is -3.08. The number of hydrogen-bond donors (Lipinski definition) is 1. The van der Waals surface area contributed by atoms with Gasteiger partial charge in [0.25, 0.3) is 11.5 Å². The summed E-state index contributed by atoms with van der Waals surface area (Å²) >= 11 is 0. The highest BCUT2D eigenvalue weighted by Gasteiger charge is 2.26. The van der Waals surface area contributed by atoms with E-state index in [1.807, 2.05) is 68.3 Å². The van der Waals surface area contributed by atoms with Crippen molar-refractivity contribution in [2.45, 2.75) is 26.8 Å². The fourth-order valence-corrected chi connectivity index (χ4v) is 3.94. The first-order chi connectivity index (χ1) is 13.0. The van der Waals surface area contributed by atoms with Crippen LogP contribution in [0.4, 0.5) is 0 Å². The van der Waals surface area contributed by atoms with E-state index < -0.39 is 0 Å². The molecule has 0 aliphatic carbocycles. The van der Waals surface area contributed by atoms with E-state index in [1.54, 1.807) is 4.57 Å². The molecule has 1 amide bonds. The fraction of sp³-hybridized carbons (Fsp3) is 0.273. The average Bonchev–Trinajstić information content (AvgIpc) is 3.02. The van der Waals surface area contributed by atoms with Crippen LogP contribution in [0, 0.1) is 13.8 Å². The Morgan fingerprint density at radius 3 is 2.52 bits per heavy atom. The minimum absolute atomic E-state index is 0.00978. The summed E-state index contributed by atoms with van der Waals surface area (Å²) in [6.45, 7) is 5.03. The van der Waals surface area contributed by atoms with E-state index >= 15 is 0 Å². The molecular formula is C22H23N3O2. The van der Waals surface area contributed by atoms with Crippen LogP contribution < -0.4 is 5.56 Å². The van der Waals surface area contributed by atoms with Gasteiger partial charge in [-0.15, -0.1) is 0 Å². The number of benzene rings is 1. The van der Waals surface area contributed by atoms with Crippen LogP contribution in [0.3, 0.4) is 0 Å². The van der Waals surface area contributed by atoms with Gasteiger partial charge in [-0.3, -0.25) is 9.59 Å². The largest absolute Gasteiger partial charge is 0.354 e. The monoisotopic (exact) mass is 361 g/mol. The molecule has 1 aliphatic rings. The normalized spacial score (nSPS) is 13.5. The number of aryl methyl sites for hydroxylation is 2. The molecular weight excluding hydrogens is 338 g/mol. The second-order valence-corrected chi connectivity index (χ2v) is 7.25. The number of hydrogen-bond acceptors (Lipinski definition) is 2. The SMILES string of the molecule is Cc1cc(C)c(C(=O)N2CCc3c(cc(-c4ccccc4)c(=O)n3C)C2)[nH]1. The second-order valence-electron chi connectivity index (χ2n) is 7.25. The molecule has 0 atom stereocenters. The van der Waals surface area contributed by atoms with Crippen molar-refractivity contribution in [3.63, 3.8) is 0 Å². The van der Waals surface area contributed by atoms with E-state index in [0.717, 1.165) is 28.1 Å². The molecule has 5 nitrogen and oxygen atoms in total. The van der Waals surface area contributed by atoms with Crippen LogP contribution in [0.2, 0.25) is 0 Å². The van der Waals surface area contributed by atoms with E-state index in [9.17, 15) is 9.59 Å². The van der Waals surface area contributed by atoms with Gasteiger partial charge >= 0.3 is 0 Å². The first kappa shape index (κ1) is 17.3. The molecule has 0 saturated heterocycles. The lowest BCUT2D eigenvalue weighted by atomic mass is 9.99. The van der Waals surface area contributed by atoms with Gasteiger partial charge in [0.05, 0.1) is 0 Å². The van der Waals surface area contributed by atoms with Crippen LogP contribution in [0.15, 0.2) is 47.3 Å². The van der Waals surface area contributed by atoms with Crippen LogP contribution in [0.5, 0.6) is 0 Å². The molecule has 0 saturated carbocycles. The summed E-state index contributed by atoms with van der Waals surface area (Å²) in [6, 6.07) is 13.6. The molecule has 0 fully saturated rings. The molecule has 27 heavy (non-hydrogen) atoms. The van der Waals surface area contributed by atoms with Crippen molar-refractivity contribution in [1.29, 1.82) is 0 Å². The van der Waals surface area contributed by atoms with E-state index in [1.165, 1.54) is 0 Å². The number of carbonyl (C=O) groups excluding carboxylic acids is 1. The van der Waals surface area contributed by atoms with Crippen LogP contribution >= 0.6 is 0 Å². The molecule has 3 heterocycles. The molecule has 138 valence electrons. The highest BCUT2D eigenvalue weighted by atomic mass is 16.2. The highest BCUT2D eigenvalue weighted by Crippen LogP contribution is 2.24. The molecule has 0 spiro atoms. The number of aromatic amines is 1. The third kappa shape index (κ3) is 2.99. The van der Waals surface area contributed by atoms with Gasteiger partial charge in [0, 0.05) is 43.5 Å². The Morgan fingerprint density at radius 2 is 1.85 bits per heavy atom. The van der Waals surface area contributed by atoms with Gasteiger partial charge in [-0.25, -0.2) is 0 Å². The van der Waals surface area contributed by atoms with E-state index in [2.05, 4.69) is 4.98 Å². The predicted octanol–water partition coefficient (Wildman–Crippen LogP) is 3.20. The number of nitrogens with zero attached hydrogens (tertiary/aromatic N) is 2. The molecule has 1 aromatic carbocycles. The first-order valence-electron chi connectivity index (χ1n) is 9.18. The second kappa shape index (κ2) is 6.58. The molecule has 0 radical (unpaired) electrons. The summed E-state index contributed by atoms with van der Waals surface area (Å²) in [4.78, 5) is 30.8. The first-order valence-corrected chi connectivity index (χ1v) is 9.18. The summed E-state index contributed by atoms with van der Waals surface area (Å²) in [5, 5.41) is 0. The third-order valence-corrected chi connectivity index (χ3v) is 5.34. The van der Waals surface area contributed by atoms with E-state index in [0.29, 0.717) is 30.8 Å². The van der Waals surface area contributed by atoms with Crippen LogP contribution in [0.1, 0.15) is 33.0 Å². The van der Waals surface area contributed by atoms with Gasteiger partial charge in [-0.05, 0) is 42.7 Å². The summed E-state index contributed by atoms with van der Waals surface area (Å²) in [5.41, 5.74) is 6.26. The standard InChI is InChI=1S/C22H23N3O2/c1-14-11-15(2)23-20(14)22(27)25-10-9-19-17(13-25)12-18(21(26)24(19)3)16-7-5-4-6-8-16/h4-8,11-12,23H,9-10,13H2,1-3H3. The minimum Gasteiger partial charge on any atom is -0.354 e. The number of fused-ring (bicyclic) bond motifs is 1. The molecule has 1 N–H and O–H groups in total. The van der Waals surface area contributed by atoms with Crippen molar-refractivity contribution in [3.8, 4) is 11.1 Å². The fourth-order valence-electron chi connectivity index (χ4n) is 3.94. The summed E-state index contributed by atoms with van der Waals surface area (Å²) in [5.74, 6) is 0.0152. The number of H-pyrrole nitrogens is 1. The Labute approximate surface area is 158 Å². The number of nitrogens with one attached hydrogen (secondary N) is 1. The van der Waals surface area contributed by atoms with Gasteiger partial charge in [0.15, 0.2) is 0 Å². The predicted molar refractivity (Wildman–Crippen MR) is 106 cm³/mol. The number of rotatable bonds is 2. The minimum atomic E-state index is 0.00978. The van der Waals surface area contributed by atoms with Gasteiger partial charge in [-0.1, -0.05) is 30.3 Å². The number of aromatic nitrogens is 2. The quantitative estimate of drug-likeness (QED) is 0.762. The average molecular weight is 361 g/mol. The van der Waals surface area contributed by atoms with Crippen molar-refractivity contribution < 1.29 is 4.79 Å². The van der Waals surface area contributed by atoms with Crippen LogP contribution in [0.25, 0.3) is 11.1 Å². The molecule has 3 aromatic rings. The van der Waals surface area contributed by atoms with Gasteiger partial charge in [-0.2, -0.15) is 0 Å². The maximum absolute atomic E-state index is 13.0. The van der Waals surface area contributed by atoms with E-state index in [4.69, 9.17) is 0 Å². The van der Waals surface area contributed by atoms with Gasteiger partial charge < -0.3 is 14.5 Å². The van der Waals surface area contributed by atoms with Gasteiger partial charge in [0.2, 0.25) is 0 Å². The molecule has 0 unspecified atom stereocenters. The number of amides is 1. The van der Waals surface area contributed by atoms with Crippen molar-refractivity contribution in [2.75, 3.05) is 6.54 Å². The lowest BCUT2D eigenvalue weighted by molar-refractivity contribution is 0.0726. The summed E-state index contributed by atoms with van der Waals surface area (Å²) in [6.07, 6.45) is 0.681. The van der Waals surface area contributed by atoms with Crippen LogP contribution in [-0.4, -0.2) is 26.9 Å². The van der Waals surface area contributed by atoms with Crippen LogP contribution in [-0.2, 0) is 20.0 Å². The lowest BCUT2D eigenvalue weighted by Crippen LogP contribution is -2.39. The smallest absolute Gasteiger partial charge is 0.270 e. The maximum Gasteiger partial charge on any atom is 0.270 e. The summed E-state index contributed by atoms with van der Waals surface area (Å²) < 4.78 is 1.74. The maximum atomic E-state index is 13.0. The molecule has 5 heteroatoms. The Balaban J connectivity index is 1.72. The zero-order valence-electron chi connectivity index (χ0n) is 15.9. The molecule has 1 aliphatic heterocycles. The molecule has 2 aromatic heterocycles. The number of carbonyl (C=O) groups is 1. The lowest BCUT2D eigenvalue weighted by Gasteiger charge is -2.30. The Morgan fingerprint density at radius 1 is 1.11 bits per heavy atom.